The van der Waals surface area contributed by atoms with Crippen molar-refractivity contribution >= 4 is 15.9 Å². The Morgan fingerprint density at radius 3 is 2.43 bits per heavy atom. The van der Waals surface area contributed by atoms with E-state index in [2.05, 4.69) is 4.18 Å². The van der Waals surface area contributed by atoms with Crippen molar-refractivity contribution in [1.29, 1.82) is 0 Å². The number of benzene rings is 1. The van der Waals surface area contributed by atoms with E-state index in [-0.39, 0.29) is 11.2 Å². The van der Waals surface area contributed by atoms with Crippen LogP contribution in [-0.2, 0) is 19.7 Å². The number of fused-ring (bicyclic) bond motifs is 1. The average Bonchev–Trinajstić information content (AvgIpc) is 2.31. The van der Waals surface area contributed by atoms with Crippen molar-refractivity contribution in [3.63, 3.8) is 0 Å². The van der Waals surface area contributed by atoms with Crippen LogP contribution < -0.4 is 0 Å². The summed E-state index contributed by atoms with van der Waals surface area (Å²) in [5.41, 5.74) is -3.77. The standard InChI is InChI=1S/C14H15F3O3S/c1-9-4-5-11-10(8-9)12(6-7-13(11,2)3)20-21(18,19)14(15,16)17/h4-6,8H,7H2,1-3H3. The second-order valence-corrected chi connectivity index (χ2v) is 7.23. The lowest BCUT2D eigenvalue weighted by Crippen LogP contribution is -2.27. The fraction of sp³-hybridized carbons (Fsp3) is 0.429. The summed E-state index contributed by atoms with van der Waals surface area (Å²) in [7, 11) is -5.66. The molecule has 2 rings (SSSR count). The highest BCUT2D eigenvalue weighted by molar-refractivity contribution is 7.87. The molecule has 0 unspecified atom stereocenters. The molecular formula is C14H15F3O3S. The summed E-state index contributed by atoms with van der Waals surface area (Å²) in [5.74, 6) is -0.259. The summed E-state index contributed by atoms with van der Waals surface area (Å²) in [6.45, 7) is 5.65. The fourth-order valence-corrected chi connectivity index (χ4v) is 2.75. The van der Waals surface area contributed by atoms with Crippen LogP contribution in [0.25, 0.3) is 5.76 Å². The average molecular weight is 320 g/mol. The molecule has 0 N–H and O–H groups in total. The summed E-state index contributed by atoms with van der Waals surface area (Å²) in [4.78, 5) is 0. The van der Waals surface area contributed by atoms with Crippen LogP contribution in [0.1, 0.15) is 37.0 Å². The van der Waals surface area contributed by atoms with Gasteiger partial charge in [0.25, 0.3) is 0 Å². The van der Waals surface area contributed by atoms with Gasteiger partial charge in [-0.2, -0.15) is 21.6 Å². The molecule has 21 heavy (non-hydrogen) atoms. The van der Waals surface area contributed by atoms with Crippen molar-refractivity contribution in [2.75, 3.05) is 0 Å². The Bertz CT molecular complexity index is 701. The molecule has 0 fully saturated rings. The maximum absolute atomic E-state index is 12.5. The molecule has 0 aromatic heterocycles. The lowest BCUT2D eigenvalue weighted by molar-refractivity contribution is -0.0509. The second kappa shape index (κ2) is 4.76. The first-order chi connectivity index (χ1) is 9.44. The Kier molecular flexibility index (Phi) is 3.60. The van der Waals surface area contributed by atoms with E-state index >= 15 is 0 Å². The molecule has 0 spiro atoms. The molecule has 0 aliphatic heterocycles. The first-order valence-corrected chi connectivity index (χ1v) is 7.67. The molecule has 0 saturated carbocycles. The molecule has 7 heteroatoms. The number of halogens is 3. The first-order valence-electron chi connectivity index (χ1n) is 6.26. The zero-order chi connectivity index (χ0) is 16.1. The van der Waals surface area contributed by atoms with Crippen LogP contribution in [0.3, 0.4) is 0 Å². The van der Waals surface area contributed by atoms with Gasteiger partial charge in [-0.3, -0.25) is 0 Å². The molecule has 0 radical (unpaired) electrons. The molecular weight excluding hydrogens is 305 g/mol. The molecule has 1 aliphatic rings. The molecule has 0 bridgehead atoms. The van der Waals surface area contributed by atoms with Gasteiger partial charge < -0.3 is 4.18 Å². The largest absolute Gasteiger partial charge is 0.534 e. The first kappa shape index (κ1) is 15.9. The fourth-order valence-electron chi connectivity index (χ4n) is 2.26. The van der Waals surface area contributed by atoms with Crippen molar-refractivity contribution < 1.29 is 25.8 Å². The molecule has 1 aromatic rings. The predicted octanol–water partition coefficient (Wildman–Crippen LogP) is 3.88. The molecule has 0 heterocycles. The number of allylic oxidation sites excluding steroid dienone is 1. The van der Waals surface area contributed by atoms with Crippen molar-refractivity contribution in [3.05, 3.63) is 41.0 Å². The van der Waals surface area contributed by atoms with E-state index in [1.54, 1.807) is 19.1 Å². The third-order valence-corrected chi connectivity index (χ3v) is 4.42. The minimum Gasteiger partial charge on any atom is -0.376 e. The lowest BCUT2D eigenvalue weighted by atomic mass is 9.75. The van der Waals surface area contributed by atoms with Gasteiger partial charge in [0.1, 0.15) is 5.76 Å². The number of hydrogen-bond acceptors (Lipinski definition) is 3. The van der Waals surface area contributed by atoms with Crippen LogP contribution in [0.2, 0.25) is 0 Å². The van der Waals surface area contributed by atoms with E-state index in [0.717, 1.165) is 11.1 Å². The minimum absolute atomic E-state index is 0.259. The van der Waals surface area contributed by atoms with Crippen LogP contribution >= 0.6 is 0 Å². The Balaban J connectivity index is 2.50. The third-order valence-electron chi connectivity index (χ3n) is 3.45. The maximum Gasteiger partial charge on any atom is 0.534 e. The zero-order valence-electron chi connectivity index (χ0n) is 11.8. The van der Waals surface area contributed by atoms with Gasteiger partial charge in [-0.1, -0.05) is 31.5 Å². The Morgan fingerprint density at radius 2 is 1.86 bits per heavy atom. The van der Waals surface area contributed by atoms with Crippen molar-refractivity contribution in [2.45, 2.75) is 38.1 Å². The molecule has 116 valence electrons. The van der Waals surface area contributed by atoms with Crippen LogP contribution in [0, 0.1) is 6.92 Å². The van der Waals surface area contributed by atoms with Crippen molar-refractivity contribution in [3.8, 4) is 0 Å². The summed E-state index contributed by atoms with van der Waals surface area (Å²) >= 11 is 0. The highest BCUT2D eigenvalue weighted by Gasteiger charge is 2.49. The van der Waals surface area contributed by atoms with Crippen LogP contribution in [0.4, 0.5) is 13.2 Å². The SMILES string of the molecule is Cc1ccc2c(c1)C(OS(=O)(=O)C(F)(F)F)=CCC2(C)C. The smallest absolute Gasteiger partial charge is 0.376 e. The third kappa shape index (κ3) is 2.92. The summed E-state index contributed by atoms with van der Waals surface area (Å²) in [6, 6.07) is 5.26. The Labute approximate surface area is 121 Å². The second-order valence-electron chi connectivity index (χ2n) is 5.69. The van der Waals surface area contributed by atoms with Gasteiger partial charge in [0, 0.05) is 5.56 Å². The van der Waals surface area contributed by atoms with E-state index in [1.165, 1.54) is 6.08 Å². The summed E-state index contributed by atoms with van der Waals surface area (Å²) < 4.78 is 64.1. The number of rotatable bonds is 2. The quantitative estimate of drug-likeness (QED) is 0.613. The molecule has 0 amide bonds. The van der Waals surface area contributed by atoms with Gasteiger partial charge in [0.15, 0.2) is 0 Å². The van der Waals surface area contributed by atoms with Crippen molar-refractivity contribution in [2.24, 2.45) is 0 Å². The molecule has 0 saturated heterocycles. The Morgan fingerprint density at radius 1 is 1.24 bits per heavy atom. The monoisotopic (exact) mass is 320 g/mol. The van der Waals surface area contributed by atoms with Crippen LogP contribution in [0.15, 0.2) is 24.3 Å². The predicted molar refractivity (Wildman–Crippen MR) is 72.9 cm³/mol. The zero-order valence-corrected chi connectivity index (χ0v) is 12.6. The number of hydrogen-bond donors (Lipinski definition) is 0. The maximum atomic E-state index is 12.5. The van der Waals surface area contributed by atoms with E-state index < -0.39 is 15.6 Å². The highest BCUT2D eigenvalue weighted by Crippen LogP contribution is 2.41. The topological polar surface area (TPSA) is 43.4 Å². The van der Waals surface area contributed by atoms with Gasteiger partial charge in [-0.15, -0.1) is 0 Å². The van der Waals surface area contributed by atoms with Gasteiger partial charge in [-0.05, 0) is 36.5 Å². The molecule has 1 aliphatic carbocycles. The van der Waals surface area contributed by atoms with Crippen LogP contribution in [0.5, 0.6) is 0 Å². The van der Waals surface area contributed by atoms with E-state index in [4.69, 9.17) is 0 Å². The number of aryl methyl sites for hydroxylation is 1. The highest BCUT2D eigenvalue weighted by atomic mass is 32.2. The van der Waals surface area contributed by atoms with Crippen LogP contribution in [-0.4, -0.2) is 13.9 Å². The van der Waals surface area contributed by atoms with Gasteiger partial charge >= 0.3 is 15.6 Å². The van der Waals surface area contributed by atoms with E-state index in [1.807, 2.05) is 19.9 Å². The van der Waals surface area contributed by atoms with Crippen molar-refractivity contribution in [1.82, 2.24) is 0 Å². The van der Waals surface area contributed by atoms with E-state index in [9.17, 15) is 21.6 Å². The molecule has 1 aromatic carbocycles. The summed E-state index contributed by atoms with van der Waals surface area (Å²) in [5, 5.41) is 0. The minimum atomic E-state index is -5.66. The Hall–Kier alpha value is -1.50. The van der Waals surface area contributed by atoms with E-state index in [0.29, 0.717) is 12.0 Å². The number of alkyl halides is 3. The normalized spacial score (nSPS) is 17.9. The van der Waals surface area contributed by atoms with Gasteiger partial charge in [-0.25, -0.2) is 0 Å². The van der Waals surface area contributed by atoms with Gasteiger partial charge in [0.2, 0.25) is 0 Å². The molecule has 0 atom stereocenters. The lowest BCUT2D eigenvalue weighted by Gasteiger charge is -2.31. The summed E-state index contributed by atoms with van der Waals surface area (Å²) in [6.07, 6.45) is 1.79. The molecule has 3 nitrogen and oxygen atoms in total. The van der Waals surface area contributed by atoms with Gasteiger partial charge in [0.05, 0.1) is 0 Å².